The molecular formula is C15H12N4O. The summed E-state index contributed by atoms with van der Waals surface area (Å²) in [6, 6.07) is 13.8. The molecular weight excluding hydrogens is 252 g/mol. The van der Waals surface area contributed by atoms with Crippen LogP contribution in [0.2, 0.25) is 0 Å². The van der Waals surface area contributed by atoms with Gasteiger partial charge in [-0.1, -0.05) is 42.5 Å². The van der Waals surface area contributed by atoms with E-state index in [9.17, 15) is 4.79 Å². The smallest absolute Gasteiger partial charge is 0.271 e. The quantitative estimate of drug-likeness (QED) is 0.739. The highest BCUT2D eigenvalue weighted by Crippen LogP contribution is 2.27. The summed E-state index contributed by atoms with van der Waals surface area (Å²) in [6.45, 7) is 0. The first-order valence-corrected chi connectivity index (χ1v) is 6.07. The van der Waals surface area contributed by atoms with Crippen molar-refractivity contribution in [2.75, 3.05) is 5.73 Å². The molecule has 1 aromatic heterocycles. The van der Waals surface area contributed by atoms with Crippen LogP contribution in [-0.4, -0.2) is 15.9 Å². The highest BCUT2D eigenvalue weighted by atomic mass is 16.1. The van der Waals surface area contributed by atoms with Gasteiger partial charge in [0.05, 0.1) is 11.9 Å². The standard InChI is InChI=1S/C15H12N4O/c16-14-13(15(17)20)19-12(8-18-14)11-7-3-5-9-4-1-2-6-10(9)11/h1-8H,(H2,16,18)(H2,17,20). The number of nitrogens with zero attached hydrogens (tertiary/aromatic N) is 2. The van der Waals surface area contributed by atoms with Crippen LogP contribution in [0.15, 0.2) is 48.7 Å². The second-order valence-corrected chi connectivity index (χ2v) is 4.38. The summed E-state index contributed by atoms with van der Waals surface area (Å²) in [5, 5.41) is 2.12. The number of fused-ring (bicyclic) bond motifs is 1. The Kier molecular flexibility index (Phi) is 2.80. The van der Waals surface area contributed by atoms with Crippen molar-refractivity contribution in [3.63, 3.8) is 0 Å². The molecule has 0 radical (unpaired) electrons. The number of nitrogens with two attached hydrogens (primary N) is 2. The fourth-order valence-electron chi connectivity index (χ4n) is 2.16. The molecule has 5 heteroatoms. The van der Waals surface area contributed by atoms with Gasteiger partial charge in [-0.25, -0.2) is 9.97 Å². The van der Waals surface area contributed by atoms with E-state index in [1.165, 1.54) is 0 Å². The Balaban J connectivity index is 2.26. The average Bonchev–Trinajstić information content (AvgIpc) is 2.47. The number of primary amides is 1. The third-order valence-corrected chi connectivity index (χ3v) is 3.10. The first kappa shape index (κ1) is 12.1. The maximum Gasteiger partial charge on any atom is 0.271 e. The zero-order valence-electron chi connectivity index (χ0n) is 10.6. The fourth-order valence-corrected chi connectivity index (χ4v) is 2.16. The lowest BCUT2D eigenvalue weighted by Gasteiger charge is -2.07. The molecule has 98 valence electrons. The summed E-state index contributed by atoms with van der Waals surface area (Å²) in [4.78, 5) is 19.5. The van der Waals surface area contributed by atoms with Gasteiger partial charge in [0, 0.05) is 5.56 Å². The van der Waals surface area contributed by atoms with Gasteiger partial charge < -0.3 is 11.5 Å². The number of amides is 1. The van der Waals surface area contributed by atoms with E-state index in [0.29, 0.717) is 5.69 Å². The fraction of sp³-hybridized carbons (Fsp3) is 0. The number of benzene rings is 2. The van der Waals surface area contributed by atoms with Crippen molar-refractivity contribution in [2.45, 2.75) is 0 Å². The molecule has 0 aliphatic carbocycles. The summed E-state index contributed by atoms with van der Waals surface area (Å²) < 4.78 is 0. The maximum atomic E-state index is 11.3. The lowest BCUT2D eigenvalue weighted by atomic mass is 10.0. The van der Waals surface area contributed by atoms with Crippen LogP contribution in [0.5, 0.6) is 0 Å². The molecule has 0 saturated carbocycles. The van der Waals surface area contributed by atoms with Gasteiger partial charge >= 0.3 is 0 Å². The van der Waals surface area contributed by atoms with Crippen LogP contribution in [-0.2, 0) is 0 Å². The minimum atomic E-state index is -0.683. The first-order valence-electron chi connectivity index (χ1n) is 6.07. The third kappa shape index (κ3) is 1.95. The Morgan fingerprint density at radius 1 is 1.05 bits per heavy atom. The number of anilines is 1. The summed E-state index contributed by atoms with van der Waals surface area (Å²) in [6.07, 6.45) is 1.55. The van der Waals surface area contributed by atoms with E-state index in [4.69, 9.17) is 11.5 Å². The molecule has 1 amide bonds. The lowest BCUT2D eigenvalue weighted by Crippen LogP contribution is -2.17. The van der Waals surface area contributed by atoms with Crippen molar-refractivity contribution in [3.05, 3.63) is 54.4 Å². The van der Waals surface area contributed by atoms with Crippen molar-refractivity contribution >= 4 is 22.5 Å². The molecule has 2 aromatic carbocycles. The van der Waals surface area contributed by atoms with Crippen LogP contribution >= 0.6 is 0 Å². The van der Waals surface area contributed by atoms with Crippen molar-refractivity contribution < 1.29 is 4.79 Å². The number of carbonyl (C=O) groups excluding carboxylic acids is 1. The molecule has 4 N–H and O–H groups in total. The number of nitrogen functional groups attached to an aromatic ring is 1. The third-order valence-electron chi connectivity index (χ3n) is 3.10. The maximum absolute atomic E-state index is 11.3. The van der Waals surface area contributed by atoms with Crippen molar-refractivity contribution in [2.24, 2.45) is 5.73 Å². The SMILES string of the molecule is NC(=O)c1nc(-c2cccc3ccccc23)cnc1N. The predicted octanol–water partition coefficient (Wildman–Crippen LogP) is 1.98. The number of aromatic nitrogens is 2. The molecule has 0 saturated heterocycles. The van der Waals surface area contributed by atoms with Gasteiger partial charge in [0.1, 0.15) is 0 Å². The normalized spacial score (nSPS) is 10.6. The molecule has 0 fully saturated rings. The molecule has 0 atom stereocenters. The Morgan fingerprint density at radius 3 is 2.60 bits per heavy atom. The Bertz CT molecular complexity index is 809. The molecule has 0 aliphatic rings. The summed E-state index contributed by atoms with van der Waals surface area (Å²) >= 11 is 0. The summed E-state index contributed by atoms with van der Waals surface area (Å²) in [5.41, 5.74) is 12.3. The van der Waals surface area contributed by atoms with Gasteiger partial charge in [-0.3, -0.25) is 4.79 Å². The average molecular weight is 264 g/mol. The van der Waals surface area contributed by atoms with Gasteiger partial charge in [-0.05, 0) is 10.8 Å². The largest absolute Gasteiger partial charge is 0.382 e. The second-order valence-electron chi connectivity index (χ2n) is 4.38. The number of hydrogen-bond donors (Lipinski definition) is 2. The van der Waals surface area contributed by atoms with E-state index in [2.05, 4.69) is 9.97 Å². The van der Waals surface area contributed by atoms with Crippen LogP contribution in [0.1, 0.15) is 10.5 Å². The van der Waals surface area contributed by atoms with Crippen LogP contribution in [0, 0.1) is 0 Å². The zero-order valence-corrected chi connectivity index (χ0v) is 10.6. The molecule has 3 rings (SSSR count). The minimum Gasteiger partial charge on any atom is -0.382 e. The molecule has 1 heterocycles. The van der Waals surface area contributed by atoms with E-state index < -0.39 is 5.91 Å². The van der Waals surface area contributed by atoms with E-state index in [-0.39, 0.29) is 11.5 Å². The van der Waals surface area contributed by atoms with Crippen molar-refractivity contribution in [1.29, 1.82) is 0 Å². The van der Waals surface area contributed by atoms with E-state index in [1.807, 2.05) is 42.5 Å². The summed E-state index contributed by atoms with van der Waals surface area (Å²) in [7, 11) is 0. The van der Waals surface area contributed by atoms with Crippen LogP contribution in [0.4, 0.5) is 5.82 Å². The molecule has 5 nitrogen and oxygen atoms in total. The second kappa shape index (κ2) is 4.62. The summed E-state index contributed by atoms with van der Waals surface area (Å²) in [5.74, 6) is -0.640. The molecule has 20 heavy (non-hydrogen) atoms. The number of rotatable bonds is 2. The van der Waals surface area contributed by atoms with Crippen molar-refractivity contribution in [1.82, 2.24) is 9.97 Å². The van der Waals surface area contributed by atoms with Crippen LogP contribution in [0.3, 0.4) is 0 Å². The Morgan fingerprint density at radius 2 is 1.80 bits per heavy atom. The molecule has 0 bridgehead atoms. The zero-order chi connectivity index (χ0) is 14.1. The molecule has 0 aliphatic heterocycles. The van der Waals surface area contributed by atoms with Gasteiger partial charge in [0.15, 0.2) is 11.5 Å². The minimum absolute atomic E-state index is 0.00423. The highest BCUT2D eigenvalue weighted by Gasteiger charge is 2.12. The van der Waals surface area contributed by atoms with E-state index in [0.717, 1.165) is 16.3 Å². The molecule has 3 aromatic rings. The first-order chi connectivity index (χ1) is 9.66. The lowest BCUT2D eigenvalue weighted by molar-refractivity contribution is 0.0996. The van der Waals surface area contributed by atoms with E-state index >= 15 is 0 Å². The Labute approximate surface area is 115 Å². The van der Waals surface area contributed by atoms with Crippen LogP contribution in [0.25, 0.3) is 22.0 Å². The van der Waals surface area contributed by atoms with Gasteiger partial charge in [0.2, 0.25) is 0 Å². The van der Waals surface area contributed by atoms with Crippen LogP contribution < -0.4 is 11.5 Å². The number of hydrogen-bond acceptors (Lipinski definition) is 4. The Hall–Kier alpha value is -2.95. The monoisotopic (exact) mass is 264 g/mol. The van der Waals surface area contributed by atoms with Gasteiger partial charge in [0.25, 0.3) is 5.91 Å². The van der Waals surface area contributed by atoms with E-state index in [1.54, 1.807) is 6.20 Å². The molecule has 0 unspecified atom stereocenters. The predicted molar refractivity (Wildman–Crippen MR) is 77.9 cm³/mol. The highest BCUT2D eigenvalue weighted by molar-refractivity contribution is 5.98. The number of carbonyl (C=O) groups is 1. The molecule has 0 spiro atoms. The van der Waals surface area contributed by atoms with Crippen molar-refractivity contribution in [3.8, 4) is 11.3 Å². The van der Waals surface area contributed by atoms with Gasteiger partial charge in [-0.2, -0.15) is 0 Å². The topological polar surface area (TPSA) is 94.9 Å². The van der Waals surface area contributed by atoms with Gasteiger partial charge in [-0.15, -0.1) is 0 Å².